The van der Waals surface area contributed by atoms with Gasteiger partial charge in [0, 0.05) is 38.0 Å². The zero-order valence-electron chi connectivity index (χ0n) is 8.89. The molecule has 1 aromatic rings. The van der Waals surface area contributed by atoms with Crippen molar-refractivity contribution in [2.24, 2.45) is 7.05 Å². The summed E-state index contributed by atoms with van der Waals surface area (Å²) >= 11 is 0. The molecular weight excluding hydrogens is 190 g/mol. The molecule has 2 rings (SSSR count). The predicted molar refractivity (Wildman–Crippen MR) is 58.1 cm³/mol. The summed E-state index contributed by atoms with van der Waals surface area (Å²) < 4.78 is 1.72. The Morgan fingerprint density at radius 3 is 2.80 bits per heavy atom. The zero-order valence-corrected chi connectivity index (χ0v) is 8.89. The zero-order chi connectivity index (χ0) is 10.7. The Bertz CT molecular complexity index is 375. The average Bonchev–Trinajstić information content (AvgIpc) is 2.84. The number of likely N-dealkylation sites (tertiary alicyclic amines) is 1. The molecule has 0 unspecified atom stereocenters. The molecule has 0 saturated carbocycles. The highest BCUT2D eigenvalue weighted by atomic mass is 16.2. The highest BCUT2D eigenvalue weighted by Gasteiger charge is 2.14. The van der Waals surface area contributed by atoms with Crippen LogP contribution in [0.2, 0.25) is 0 Å². The fourth-order valence-electron chi connectivity index (χ4n) is 1.74. The van der Waals surface area contributed by atoms with Crippen LogP contribution in [0, 0.1) is 0 Å². The highest BCUT2D eigenvalue weighted by molar-refractivity contribution is 5.91. The van der Waals surface area contributed by atoms with Crippen LogP contribution in [0.15, 0.2) is 18.5 Å². The summed E-state index contributed by atoms with van der Waals surface area (Å²) in [7, 11) is 1.86. The molecule has 0 radical (unpaired) electrons. The van der Waals surface area contributed by atoms with E-state index in [0.717, 1.165) is 31.5 Å². The van der Waals surface area contributed by atoms with Crippen LogP contribution in [0.5, 0.6) is 0 Å². The minimum Gasteiger partial charge on any atom is -0.339 e. The standard InChI is InChI=1S/C11H15N3O/c1-13-9-10(8-12-13)4-5-11(15)14-6-2-3-7-14/h4-5,8-9H,2-3,6-7H2,1H3. The molecule has 15 heavy (non-hydrogen) atoms. The summed E-state index contributed by atoms with van der Waals surface area (Å²) in [5, 5.41) is 4.03. The smallest absolute Gasteiger partial charge is 0.246 e. The topological polar surface area (TPSA) is 38.1 Å². The van der Waals surface area contributed by atoms with Crippen molar-refractivity contribution in [2.45, 2.75) is 12.8 Å². The summed E-state index contributed by atoms with van der Waals surface area (Å²) in [6.07, 6.45) is 9.33. The molecule has 1 saturated heterocycles. The van der Waals surface area contributed by atoms with E-state index in [-0.39, 0.29) is 5.91 Å². The van der Waals surface area contributed by atoms with E-state index in [1.54, 1.807) is 17.0 Å². The third kappa shape index (κ3) is 2.46. The summed E-state index contributed by atoms with van der Waals surface area (Å²) in [4.78, 5) is 13.5. The first kappa shape index (κ1) is 9.96. The van der Waals surface area contributed by atoms with Crippen molar-refractivity contribution >= 4 is 12.0 Å². The number of carbonyl (C=O) groups is 1. The van der Waals surface area contributed by atoms with Crippen LogP contribution in [-0.4, -0.2) is 33.7 Å². The second-order valence-electron chi connectivity index (χ2n) is 3.81. The molecule has 1 amide bonds. The van der Waals surface area contributed by atoms with Gasteiger partial charge >= 0.3 is 0 Å². The van der Waals surface area contributed by atoms with Crippen LogP contribution in [0.1, 0.15) is 18.4 Å². The summed E-state index contributed by atoms with van der Waals surface area (Å²) in [5.41, 5.74) is 0.963. The summed E-state index contributed by atoms with van der Waals surface area (Å²) in [5.74, 6) is 0.108. The van der Waals surface area contributed by atoms with Crippen molar-refractivity contribution in [3.05, 3.63) is 24.0 Å². The van der Waals surface area contributed by atoms with Crippen molar-refractivity contribution in [1.29, 1.82) is 0 Å². The number of aromatic nitrogens is 2. The van der Waals surface area contributed by atoms with Crippen molar-refractivity contribution in [3.63, 3.8) is 0 Å². The monoisotopic (exact) mass is 205 g/mol. The van der Waals surface area contributed by atoms with Crippen molar-refractivity contribution in [3.8, 4) is 0 Å². The number of hydrogen-bond acceptors (Lipinski definition) is 2. The third-order valence-electron chi connectivity index (χ3n) is 2.56. The Balaban J connectivity index is 1.95. The molecule has 4 heteroatoms. The molecule has 0 bridgehead atoms. The number of amides is 1. The van der Waals surface area contributed by atoms with E-state index in [9.17, 15) is 4.79 Å². The molecule has 80 valence electrons. The van der Waals surface area contributed by atoms with E-state index < -0.39 is 0 Å². The maximum absolute atomic E-state index is 11.6. The Hall–Kier alpha value is -1.58. The molecule has 1 aliphatic heterocycles. The molecule has 1 aliphatic rings. The molecule has 0 aromatic carbocycles. The lowest BCUT2D eigenvalue weighted by Crippen LogP contribution is -2.25. The van der Waals surface area contributed by atoms with Crippen LogP contribution < -0.4 is 0 Å². The second kappa shape index (κ2) is 4.29. The molecule has 1 fully saturated rings. The van der Waals surface area contributed by atoms with Crippen molar-refractivity contribution in [2.75, 3.05) is 13.1 Å². The highest BCUT2D eigenvalue weighted by Crippen LogP contribution is 2.08. The van der Waals surface area contributed by atoms with Gasteiger partial charge < -0.3 is 4.90 Å². The Morgan fingerprint density at radius 1 is 1.47 bits per heavy atom. The first-order chi connectivity index (χ1) is 7.25. The van der Waals surface area contributed by atoms with E-state index in [0.29, 0.717) is 0 Å². The molecule has 0 atom stereocenters. The lowest BCUT2D eigenvalue weighted by molar-refractivity contribution is -0.124. The molecule has 2 heterocycles. The van der Waals surface area contributed by atoms with Crippen LogP contribution in [0.3, 0.4) is 0 Å². The first-order valence-electron chi connectivity index (χ1n) is 5.21. The van der Waals surface area contributed by atoms with Gasteiger partial charge in [0.2, 0.25) is 5.91 Å². The van der Waals surface area contributed by atoms with E-state index >= 15 is 0 Å². The quantitative estimate of drug-likeness (QED) is 0.677. The summed E-state index contributed by atoms with van der Waals surface area (Å²) in [6.45, 7) is 1.80. The van der Waals surface area contributed by atoms with Crippen molar-refractivity contribution < 1.29 is 4.79 Å². The van der Waals surface area contributed by atoms with Gasteiger partial charge in [-0.1, -0.05) is 0 Å². The number of rotatable bonds is 2. The van der Waals surface area contributed by atoms with Crippen LogP contribution in [0.25, 0.3) is 6.08 Å². The number of carbonyl (C=O) groups excluding carboxylic acids is 1. The maximum Gasteiger partial charge on any atom is 0.246 e. The molecule has 0 N–H and O–H groups in total. The predicted octanol–water partition coefficient (Wildman–Crippen LogP) is 1.06. The van der Waals surface area contributed by atoms with Gasteiger partial charge in [0.15, 0.2) is 0 Å². The van der Waals surface area contributed by atoms with E-state index in [2.05, 4.69) is 5.10 Å². The Labute approximate surface area is 89.2 Å². The SMILES string of the molecule is Cn1cc(C=CC(=O)N2CCCC2)cn1. The molecule has 0 spiro atoms. The lowest BCUT2D eigenvalue weighted by Gasteiger charge is -2.11. The largest absolute Gasteiger partial charge is 0.339 e. The van der Waals surface area contributed by atoms with E-state index in [1.165, 1.54) is 0 Å². The van der Waals surface area contributed by atoms with Gasteiger partial charge in [0.25, 0.3) is 0 Å². The van der Waals surface area contributed by atoms with Gasteiger partial charge in [-0.15, -0.1) is 0 Å². The van der Waals surface area contributed by atoms with Crippen LogP contribution in [0.4, 0.5) is 0 Å². The number of hydrogen-bond donors (Lipinski definition) is 0. The normalized spacial score (nSPS) is 16.5. The minimum absolute atomic E-state index is 0.108. The summed E-state index contributed by atoms with van der Waals surface area (Å²) in [6, 6.07) is 0. The van der Waals surface area contributed by atoms with Gasteiger partial charge in [0.05, 0.1) is 6.20 Å². The molecule has 0 aliphatic carbocycles. The van der Waals surface area contributed by atoms with Crippen LogP contribution in [-0.2, 0) is 11.8 Å². The van der Waals surface area contributed by atoms with Crippen molar-refractivity contribution in [1.82, 2.24) is 14.7 Å². The van der Waals surface area contributed by atoms with Gasteiger partial charge in [-0.25, -0.2) is 0 Å². The first-order valence-corrected chi connectivity index (χ1v) is 5.21. The van der Waals surface area contributed by atoms with E-state index in [1.807, 2.05) is 24.2 Å². The molecular formula is C11H15N3O. The van der Waals surface area contributed by atoms with Gasteiger partial charge in [-0.2, -0.15) is 5.10 Å². The third-order valence-corrected chi connectivity index (χ3v) is 2.56. The average molecular weight is 205 g/mol. The molecule has 4 nitrogen and oxygen atoms in total. The Kier molecular flexibility index (Phi) is 2.85. The fourth-order valence-corrected chi connectivity index (χ4v) is 1.74. The number of aryl methyl sites for hydroxylation is 1. The van der Waals surface area contributed by atoms with Gasteiger partial charge in [0.1, 0.15) is 0 Å². The minimum atomic E-state index is 0.108. The second-order valence-corrected chi connectivity index (χ2v) is 3.81. The van der Waals surface area contributed by atoms with Crippen LogP contribution >= 0.6 is 0 Å². The Morgan fingerprint density at radius 2 is 2.20 bits per heavy atom. The molecule has 1 aromatic heterocycles. The van der Waals surface area contributed by atoms with Gasteiger partial charge in [-0.3, -0.25) is 9.48 Å². The fraction of sp³-hybridized carbons (Fsp3) is 0.455. The van der Waals surface area contributed by atoms with E-state index in [4.69, 9.17) is 0 Å². The number of nitrogens with zero attached hydrogens (tertiary/aromatic N) is 3. The van der Waals surface area contributed by atoms with Gasteiger partial charge in [-0.05, 0) is 18.9 Å². The maximum atomic E-state index is 11.6. The lowest BCUT2D eigenvalue weighted by atomic mass is 10.3.